The van der Waals surface area contributed by atoms with Gasteiger partial charge in [-0.3, -0.25) is 0 Å². The first kappa shape index (κ1) is 14.4. The molecule has 3 nitrogen and oxygen atoms in total. The summed E-state index contributed by atoms with van der Waals surface area (Å²) in [5, 5.41) is 8.60. The Kier molecular flexibility index (Phi) is 4.47. The fourth-order valence-electron chi connectivity index (χ4n) is 1.12. The standard InChI is InChI=1S/C13H23NO2S/c1-13(2,3)17(4,5)16-12-8-6-11(7-9-12)10-14-15/h6-9,14-15H,10H2,1-5H3. The molecule has 0 saturated carbocycles. The third-order valence-electron chi connectivity index (χ3n) is 2.99. The van der Waals surface area contributed by atoms with Gasteiger partial charge in [-0.2, -0.15) is 0 Å². The molecule has 0 saturated heterocycles. The van der Waals surface area contributed by atoms with Gasteiger partial charge in [0.2, 0.25) is 0 Å². The van der Waals surface area contributed by atoms with Crippen molar-refractivity contribution in [2.75, 3.05) is 12.5 Å². The van der Waals surface area contributed by atoms with Crippen molar-refractivity contribution in [1.29, 1.82) is 0 Å². The Morgan fingerprint density at radius 1 is 1.18 bits per heavy atom. The SMILES string of the molecule is CC(C)(C)S(C)(C)Oc1ccc(CNO)cc1. The molecule has 1 rings (SSSR count). The average molecular weight is 257 g/mol. The summed E-state index contributed by atoms with van der Waals surface area (Å²) in [4.78, 5) is 0. The van der Waals surface area contributed by atoms with Gasteiger partial charge in [0.15, 0.2) is 0 Å². The lowest BCUT2D eigenvalue weighted by atomic mass is 10.2. The summed E-state index contributed by atoms with van der Waals surface area (Å²) in [6.45, 7) is 7.06. The van der Waals surface area contributed by atoms with E-state index in [4.69, 9.17) is 9.39 Å². The zero-order valence-electron chi connectivity index (χ0n) is 11.3. The van der Waals surface area contributed by atoms with Gasteiger partial charge in [-0.05, 0) is 51.0 Å². The van der Waals surface area contributed by atoms with E-state index in [0.717, 1.165) is 11.3 Å². The number of hydroxylamine groups is 1. The Morgan fingerprint density at radius 3 is 2.12 bits per heavy atom. The van der Waals surface area contributed by atoms with Gasteiger partial charge in [0.05, 0.1) is 0 Å². The van der Waals surface area contributed by atoms with Crippen LogP contribution in [0.4, 0.5) is 0 Å². The summed E-state index contributed by atoms with van der Waals surface area (Å²) >= 11 is 0. The summed E-state index contributed by atoms with van der Waals surface area (Å²) in [5.41, 5.74) is 3.17. The molecule has 98 valence electrons. The van der Waals surface area contributed by atoms with Crippen molar-refractivity contribution in [1.82, 2.24) is 5.48 Å². The van der Waals surface area contributed by atoms with Gasteiger partial charge in [-0.1, -0.05) is 22.4 Å². The van der Waals surface area contributed by atoms with Gasteiger partial charge in [0.1, 0.15) is 5.75 Å². The molecule has 0 unspecified atom stereocenters. The van der Waals surface area contributed by atoms with E-state index in [0.29, 0.717) is 6.54 Å². The van der Waals surface area contributed by atoms with E-state index >= 15 is 0 Å². The Balaban J connectivity index is 2.76. The predicted octanol–water partition coefficient (Wildman–Crippen LogP) is 3.32. The molecule has 0 fully saturated rings. The molecular weight excluding hydrogens is 234 g/mol. The lowest BCUT2D eigenvalue weighted by molar-refractivity contribution is 0.161. The molecule has 0 bridgehead atoms. The molecule has 0 aromatic heterocycles. The number of benzene rings is 1. The zero-order chi connectivity index (χ0) is 13.1. The highest BCUT2D eigenvalue weighted by Gasteiger charge is 2.29. The monoisotopic (exact) mass is 257 g/mol. The van der Waals surface area contributed by atoms with Crippen LogP contribution >= 0.6 is 10.3 Å². The topological polar surface area (TPSA) is 41.5 Å². The van der Waals surface area contributed by atoms with Gasteiger partial charge < -0.3 is 9.39 Å². The van der Waals surface area contributed by atoms with E-state index in [2.05, 4.69) is 38.8 Å². The summed E-state index contributed by atoms with van der Waals surface area (Å²) in [7, 11) is -1.14. The molecule has 0 aliphatic carbocycles. The average Bonchev–Trinajstić information content (AvgIpc) is 2.19. The number of rotatable bonds is 4. The summed E-state index contributed by atoms with van der Waals surface area (Å²) < 4.78 is 6.25. The number of hydrogen-bond donors (Lipinski definition) is 2. The Labute approximate surface area is 106 Å². The first-order valence-electron chi connectivity index (χ1n) is 5.64. The summed E-state index contributed by atoms with van der Waals surface area (Å²) in [5.74, 6) is 0.890. The molecule has 0 spiro atoms. The van der Waals surface area contributed by atoms with Crippen molar-refractivity contribution < 1.29 is 9.39 Å². The maximum absolute atomic E-state index is 8.60. The summed E-state index contributed by atoms with van der Waals surface area (Å²) in [6.07, 6.45) is 4.35. The molecule has 0 radical (unpaired) electrons. The van der Waals surface area contributed by atoms with Crippen molar-refractivity contribution >= 4 is 10.3 Å². The van der Waals surface area contributed by atoms with Crippen LogP contribution in [0.3, 0.4) is 0 Å². The minimum atomic E-state index is -1.14. The normalized spacial score (nSPS) is 13.5. The second-order valence-electron chi connectivity index (χ2n) is 5.41. The minimum Gasteiger partial charge on any atom is -0.449 e. The molecule has 0 aliphatic heterocycles. The van der Waals surface area contributed by atoms with Gasteiger partial charge >= 0.3 is 0 Å². The van der Waals surface area contributed by atoms with Gasteiger partial charge in [-0.25, -0.2) is 5.48 Å². The van der Waals surface area contributed by atoms with Crippen molar-refractivity contribution in [3.05, 3.63) is 29.8 Å². The molecule has 2 N–H and O–H groups in total. The van der Waals surface area contributed by atoms with Crippen LogP contribution < -0.4 is 9.66 Å². The third kappa shape index (κ3) is 3.91. The largest absolute Gasteiger partial charge is 0.449 e. The molecule has 4 heteroatoms. The van der Waals surface area contributed by atoms with Crippen LogP contribution in [0.1, 0.15) is 26.3 Å². The summed E-state index contributed by atoms with van der Waals surface area (Å²) in [6, 6.07) is 7.81. The highest BCUT2D eigenvalue weighted by molar-refractivity contribution is 8.30. The first-order valence-corrected chi connectivity index (χ1v) is 8.02. The molecule has 0 atom stereocenters. The van der Waals surface area contributed by atoms with E-state index in [1.807, 2.05) is 24.3 Å². The molecule has 0 aliphatic rings. The number of hydrogen-bond acceptors (Lipinski definition) is 3. The van der Waals surface area contributed by atoms with E-state index in [1.54, 1.807) is 0 Å². The maximum Gasteiger partial charge on any atom is 0.134 e. The van der Waals surface area contributed by atoms with Crippen molar-refractivity contribution in [2.24, 2.45) is 0 Å². The van der Waals surface area contributed by atoms with Crippen LogP contribution in [0.15, 0.2) is 24.3 Å². The van der Waals surface area contributed by atoms with Crippen molar-refractivity contribution in [3.63, 3.8) is 0 Å². The van der Waals surface area contributed by atoms with Crippen LogP contribution in [0.25, 0.3) is 0 Å². The van der Waals surface area contributed by atoms with Crippen LogP contribution in [0.2, 0.25) is 0 Å². The van der Waals surface area contributed by atoms with Gasteiger partial charge in [0, 0.05) is 11.3 Å². The lowest BCUT2D eigenvalue weighted by Gasteiger charge is -2.43. The van der Waals surface area contributed by atoms with Crippen molar-refractivity contribution in [2.45, 2.75) is 32.1 Å². The molecule has 17 heavy (non-hydrogen) atoms. The van der Waals surface area contributed by atoms with Crippen molar-refractivity contribution in [3.8, 4) is 5.75 Å². The smallest absolute Gasteiger partial charge is 0.134 e. The number of nitrogens with one attached hydrogen (secondary N) is 1. The lowest BCUT2D eigenvalue weighted by Crippen LogP contribution is -2.27. The van der Waals surface area contributed by atoms with E-state index < -0.39 is 10.3 Å². The van der Waals surface area contributed by atoms with Crippen LogP contribution in [0, 0.1) is 0 Å². The fraction of sp³-hybridized carbons (Fsp3) is 0.538. The molecule has 0 amide bonds. The molecule has 0 heterocycles. The van der Waals surface area contributed by atoms with E-state index in [9.17, 15) is 0 Å². The third-order valence-corrected chi connectivity index (χ3v) is 6.54. The van der Waals surface area contributed by atoms with E-state index in [1.165, 1.54) is 0 Å². The maximum atomic E-state index is 8.60. The second kappa shape index (κ2) is 5.29. The first-order chi connectivity index (χ1) is 7.76. The molecular formula is C13H23NO2S. The zero-order valence-corrected chi connectivity index (χ0v) is 12.1. The molecule has 1 aromatic rings. The van der Waals surface area contributed by atoms with E-state index in [-0.39, 0.29) is 4.75 Å². The Hall–Kier alpha value is -0.710. The Morgan fingerprint density at radius 2 is 1.71 bits per heavy atom. The quantitative estimate of drug-likeness (QED) is 0.813. The molecule has 1 aromatic carbocycles. The van der Waals surface area contributed by atoms with Crippen LogP contribution in [0.5, 0.6) is 5.75 Å². The minimum absolute atomic E-state index is 0.151. The second-order valence-corrected chi connectivity index (χ2v) is 9.27. The van der Waals surface area contributed by atoms with Gasteiger partial charge in [0.25, 0.3) is 0 Å². The highest BCUT2D eigenvalue weighted by atomic mass is 32.3. The highest BCUT2D eigenvalue weighted by Crippen LogP contribution is 2.53. The fourth-order valence-corrected chi connectivity index (χ4v) is 1.96. The van der Waals surface area contributed by atoms with Crippen LogP contribution in [-0.2, 0) is 6.54 Å². The predicted molar refractivity (Wildman–Crippen MR) is 74.9 cm³/mol. The van der Waals surface area contributed by atoms with Crippen LogP contribution in [-0.4, -0.2) is 22.5 Å². The Bertz CT molecular complexity index is 355. The van der Waals surface area contributed by atoms with Gasteiger partial charge in [-0.15, -0.1) is 0 Å².